The van der Waals surface area contributed by atoms with Crippen molar-refractivity contribution in [3.63, 3.8) is 0 Å². The van der Waals surface area contributed by atoms with Gasteiger partial charge in [-0.05, 0) is 36.7 Å². The number of carbonyl (C=O) groups excluding carboxylic acids is 1. The minimum absolute atomic E-state index is 0.129. The van der Waals surface area contributed by atoms with Crippen LogP contribution in [0, 0.1) is 0 Å². The number of fused-ring (bicyclic) bond motifs is 1. The number of amides is 1. The van der Waals surface area contributed by atoms with Crippen molar-refractivity contribution in [1.82, 2.24) is 24.6 Å². The van der Waals surface area contributed by atoms with E-state index in [1.54, 1.807) is 11.3 Å². The summed E-state index contributed by atoms with van der Waals surface area (Å²) in [6.45, 7) is 7.93. The number of hydrogen-bond acceptors (Lipinski definition) is 7. The monoisotopic (exact) mass is 438 g/mol. The Morgan fingerprint density at radius 3 is 2.77 bits per heavy atom. The molecule has 0 fully saturated rings. The number of hydrogen-bond donors (Lipinski definition) is 1. The molecule has 0 unspecified atom stereocenters. The molecule has 4 aromatic rings. The summed E-state index contributed by atoms with van der Waals surface area (Å²) >= 11 is 1.55. The van der Waals surface area contributed by atoms with Crippen LogP contribution < -0.4 is 5.32 Å². The molecule has 31 heavy (non-hydrogen) atoms. The molecule has 1 aromatic carbocycles. The number of nitrogens with one attached hydrogen (secondary N) is 1. The van der Waals surface area contributed by atoms with Crippen LogP contribution in [0.15, 0.2) is 46.3 Å². The molecule has 0 saturated heterocycles. The summed E-state index contributed by atoms with van der Waals surface area (Å²) in [5, 5.41) is 8.93. The topological polar surface area (TPSA) is 89.1 Å². The van der Waals surface area contributed by atoms with Gasteiger partial charge >= 0.3 is 0 Å². The van der Waals surface area contributed by atoms with E-state index in [2.05, 4.69) is 43.8 Å². The number of likely N-dealkylation sites (N-methyl/N-ethyl adjacent to an activating group) is 1. The van der Waals surface area contributed by atoms with Crippen molar-refractivity contribution in [3.05, 3.63) is 47.7 Å². The molecular weight excluding hydrogens is 412 g/mol. The van der Waals surface area contributed by atoms with Gasteiger partial charge in [0.05, 0.1) is 15.9 Å². The number of aryl methyl sites for hydroxylation is 1. The third-order valence-electron chi connectivity index (χ3n) is 5.22. The minimum atomic E-state index is -0.129. The zero-order valence-electron chi connectivity index (χ0n) is 17.7. The van der Waals surface area contributed by atoms with Gasteiger partial charge in [0.15, 0.2) is 0 Å². The van der Waals surface area contributed by atoms with Crippen LogP contribution in [0.2, 0.25) is 0 Å². The van der Waals surface area contributed by atoms with Crippen LogP contribution in [0.4, 0.5) is 5.95 Å². The Bertz CT molecular complexity index is 1130. The van der Waals surface area contributed by atoms with Gasteiger partial charge in [0, 0.05) is 25.9 Å². The molecule has 0 radical (unpaired) electrons. The Hall–Kier alpha value is -3.04. The van der Waals surface area contributed by atoms with E-state index in [1.165, 1.54) is 0 Å². The Kier molecular flexibility index (Phi) is 6.73. The maximum absolute atomic E-state index is 12.6. The second-order valence-corrected chi connectivity index (χ2v) is 8.09. The van der Waals surface area contributed by atoms with E-state index in [-0.39, 0.29) is 12.3 Å². The van der Waals surface area contributed by atoms with E-state index in [4.69, 9.17) is 4.52 Å². The highest BCUT2D eigenvalue weighted by Gasteiger charge is 2.16. The molecule has 1 amide bonds. The molecule has 0 spiro atoms. The summed E-state index contributed by atoms with van der Waals surface area (Å²) in [6, 6.07) is 11.8. The van der Waals surface area contributed by atoms with Gasteiger partial charge in [-0.1, -0.05) is 37.2 Å². The van der Waals surface area contributed by atoms with E-state index in [9.17, 15) is 4.79 Å². The van der Waals surface area contributed by atoms with Crippen molar-refractivity contribution in [1.29, 1.82) is 0 Å². The first-order valence-corrected chi connectivity index (χ1v) is 11.4. The molecule has 0 aliphatic heterocycles. The molecule has 0 aliphatic carbocycles. The maximum atomic E-state index is 12.6. The number of imidazole rings is 1. The van der Waals surface area contributed by atoms with E-state index < -0.39 is 0 Å². The minimum Gasteiger partial charge on any atom is -0.339 e. The zero-order valence-corrected chi connectivity index (χ0v) is 18.6. The van der Waals surface area contributed by atoms with E-state index in [0.717, 1.165) is 42.1 Å². The summed E-state index contributed by atoms with van der Waals surface area (Å²) in [7, 11) is 0. The molecule has 0 aliphatic rings. The van der Waals surface area contributed by atoms with Crippen LogP contribution in [-0.2, 0) is 17.8 Å². The van der Waals surface area contributed by atoms with Crippen molar-refractivity contribution in [2.45, 2.75) is 33.2 Å². The van der Waals surface area contributed by atoms with Gasteiger partial charge in [0.2, 0.25) is 23.6 Å². The van der Waals surface area contributed by atoms with Crippen molar-refractivity contribution < 1.29 is 9.32 Å². The molecular formula is C22H26N6O2S. The lowest BCUT2D eigenvalue weighted by molar-refractivity contribution is -0.116. The first-order chi connectivity index (χ1) is 15.2. The molecule has 3 aromatic heterocycles. The first-order valence-electron chi connectivity index (χ1n) is 10.5. The molecule has 3 heterocycles. The lowest BCUT2D eigenvalue weighted by Gasteiger charge is -2.19. The Morgan fingerprint density at radius 2 is 2.00 bits per heavy atom. The average Bonchev–Trinajstić information content (AvgIpc) is 3.53. The fourth-order valence-electron chi connectivity index (χ4n) is 3.45. The number of aromatic nitrogens is 4. The molecule has 162 valence electrons. The number of para-hydroxylation sites is 2. The van der Waals surface area contributed by atoms with Crippen LogP contribution in [-0.4, -0.2) is 50.1 Å². The fourth-order valence-corrected chi connectivity index (χ4v) is 4.10. The summed E-state index contributed by atoms with van der Waals surface area (Å²) in [6.07, 6.45) is 0.620. The van der Waals surface area contributed by atoms with E-state index in [0.29, 0.717) is 24.1 Å². The third-order valence-corrected chi connectivity index (χ3v) is 6.08. The van der Waals surface area contributed by atoms with Crippen LogP contribution in [0.3, 0.4) is 0 Å². The van der Waals surface area contributed by atoms with Crippen LogP contribution in [0.25, 0.3) is 21.7 Å². The number of anilines is 1. The quantitative estimate of drug-likeness (QED) is 0.402. The van der Waals surface area contributed by atoms with Gasteiger partial charge in [-0.3, -0.25) is 10.1 Å². The normalized spacial score (nSPS) is 11.5. The Morgan fingerprint density at radius 1 is 1.16 bits per heavy atom. The van der Waals surface area contributed by atoms with E-state index >= 15 is 0 Å². The highest BCUT2D eigenvalue weighted by atomic mass is 32.1. The van der Waals surface area contributed by atoms with Crippen molar-refractivity contribution in [2.75, 3.05) is 25.0 Å². The van der Waals surface area contributed by atoms with Crippen LogP contribution in [0.1, 0.15) is 26.2 Å². The van der Waals surface area contributed by atoms with Gasteiger partial charge in [-0.25, -0.2) is 4.98 Å². The summed E-state index contributed by atoms with van der Waals surface area (Å²) in [5.41, 5.74) is 1.89. The SMILES string of the molecule is CCN(CC)CCn1c(NC(=O)CCc2nc(-c3cccs3)no2)nc2ccccc21. The zero-order chi connectivity index (χ0) is 21.6. The highest BCUT2D eigenvalue weighted by molar-refractivity contribution is 7.13. The van der Waals surface area contributed by atoms with Gasteiger partial charge in [-0.15, -0.1) is 11.3 Å². The number of carbonyl (C=O) groups is 1. The van der Waals surface area contributed by atoms with Crippen molar-refractivity contribution >= 4 is 34.2 Å². The van der Waals surface area contributed by atoms with Crippen molar-refractivity contribution in [3.8, 4) is 10.7 Å². The third kappa shape index (κ3) is 5.00. The van der Waals surface area contributed by atoms with E-state index in [1.807, 2.05) is 41.8 Å². The predicted molar refractivity (Wildman–Crippen MR) is 122 cm³/mol. The molecule has 4 rings (SSSR count). The lowest BCUT2D eigenvalue weighted by Crippen LogP contribution is -2.27. The number of nitrogens with zero attached hydrogens (tertiary/aromatic N) is 5. The molecule has 0 saturated carbocycles. The number of rotatable bonds is 10. The fraction of sp³-hybridized carbons (Fsp3) is 0.364. The molecule has 1 N–H and O–H groups in total. The highest BCUT2D eigenvalue weighted by Crippen LogP contribution is 2.22. The Balaban J connectivity index is 1.42. The molecule has 9 heteroatoms. The van der Waals surface area contributed by atoms with Gasteiger partial charge < -0.3 is 14.0 Å². The summed E-state index contributed by atoms with van der Waals surface area (Å²) < 4.78 is 7.37. The standard InChI is InChI=1S/C22H26N6O2S/c1-3-27(4-2)13-14-28-17-9-6-5-8-16(17)23-22(28)24-19(29)11-12-20-25-21(26-30-20)18-10-7-15-31-18/h5-10,15H,3-4,11-14H2,1-2H3,(H,23,24,29). The van der Waals surface area contributed by atoms with Crippen LogP contribution in [0.5, 0.6) is 0 Å². The maximum Gasteiger partial charge on any atom is 0.227 e. The summed E-state index contributed by atoms with van der Waals surface area (Å²) in [5.74, 6) is 1.45. The predicted octanol–water partition coefficient (Wildman–Crippen LogP) is 4.06. The number of benzene rings is 1. The second-order valence-electron chi connectivity index (χ2n) is 7.14. The largest absolute Gasteiger partial charge is 0.339 e. The summed E-state index contributed by atoms with van der Waals surface area (Å²) in [4.78, 5) is 24.9. The molecule has 0 bridgehead atoms. The lowest BCUT2D eigenvalue weighted by atomic mass is 10.3. The van der Waals surface area contributed by atoms with Crippen molar-refractivity contribution in [2.24, 2.45) is 0 Å². The van der Waals surface area contributed by atoms with Gasteiger partial charge in [-0.2, -0.15) is 4.98 Å². The van der Waals surface area contributed by atoms with Gasteiger partial charge in [0.25, 0.3) is 0 Å². The molecule has 8 nitrogen and oxygen atoms in total. The van der Waals surface area contributed by atoms with Crippen LogP contribution >= 0.6 is 11.3 Å². The smallest absolute Gasteiger partial charge is 0.227 e. The van der Waals surface area contributed by atoms with Gasteiger partial charge in [0.1, 0.15) is 0 Å². The number of thiophene rings is 1. The first kappa shape index (κ1) is 21.2. The second kappa shape index (κ2) is 9.84. The molecule has 0 atom stereocenters. The average molecular weight is 439 g/mol. The Labute approximate surface area is 184 Å².